The molecule has 0 bridgehead atoms. The standard InChI is InChI=1S/C13H16ClN3O/c1-2-13(18,17-10-15-9-16-17)8-7-11-3-5-12(14)6-4-11/h3-6,9-10,18H,2,7-8H2,1H3. The molecule has 0 spiro atoms. The van der Waals surface area contributed by atoms with E-state index in [4.69, 9.17) is 11.6 Å². The molecule has 1 N–H and O–H groups in total. The van der Waals surface area contributed by atoms with E-state index in [1.807, 2.05) is 31.2 Å². The minimum absolute atomic E-state index is 0.587. The Hall–Kier alpha value is -1.39. The molecule has 0 aliphatic heterocycles. The zero-order valence-corrected chi connectivity index (χ0v) is 11.0. The van der Waals surface area contributed by atoms with Gasteiger partial charge in [-0.15, -0.1) is 0 Å². The average molecular weight is 266 g/mol. The topological polar surface area (TPSA) is 50.9 Å². The van der Waals surface area contributed by atoms with Gasteiger partial charge in [-0.3, -0.25) is 0 Å². The number of hydrogen-bond acceptors (Lipinski definition) is 3. The molecule has 96 valence electrons. The molecule has 4 nitrogen and oxygen atoms in total. The predicted octanol–water partition coefficient (Wildman–Crippen LogP) is 2.62. The number of aliphatic hydroxyl groups is 1. The van der Waals surface area contributed by atoms with Gasteiger partial charge in [0.2, 0.25) is 0 Å². The van der Waals surface area contributed by atoms with E-state index in [2.05, 4.69) is 10.1 Å². The SMILES string of the molecule is CCC(O)(CCc1ccc(Cl)cc1)n1cncn1. The molecule has 2 aromatic rings. The molecule has 0 saturated heterocycles. The summed E-state index contributed by atoms with van der Waals surface area (Å²) in [5, 5.41) is 15.3. The largest absolute Gasteiger partial charge is 0.369 e. The normalized spacial score (nSPS) is 14.4. The number of benzene rings is 1. The van der Waals surface area contributed by atoms with E-state index in [9.17, 15) is 5.11 Å². The number of nitrogens with zero attached hydrogens (tertiary/aromatic N) is 3. The molecular formula is C13H16ClN3O. The molecule has 2 rings (SSSR count). The van der Waals surface area contributed by atoms with Gasteiger partial charge < -0.3 is 5.11 Å². The molecule has 1 aromatic heterocycles. The van der Waals surface area contributed by atoms with Crippen LogP contribution in [0.15, 0.2) is 36.9 Å². The summed E-state index contributed by atoms with van der Waals surface area (Å²) in [6.45, 7) is 1.93. The maximum atomic E-state index is 10.5. The van der Waals surface area contributed by atoms with Gasteiger partial charge in [0, 0.05) is 11.4 Å². The van der Waals surface area contributed by atoms with E-state index in [0.717, 1.165) is 17.0 Å². The van der Waals surface area contributed by atoms with Crippen molar-refractivity contribution in [2.24, 2.45) is 0 Å². The molecule has 1 atom stereocenters. The minimum Gasteiger partial charge on any atom is -0.369 e. The average Bonchev–Trinajstić information content (AvgIpc) is 2.92. The fourth-order valence-electron chi connectivity index (χ4n) is 1.87. The first-order chi connectivity index (χ1) is 8.64. The first-order valence-corrected chi connectivity index (χ1v) is 6.34. The summed E-state index contributed by atoms with van der Waals surface area (Å²) in [6.07, 6.45) is 4.92. The quantitative estimate of drug-likeness (QED) is 0.904. The summed E-state index contributed by atoms with van der Waals surface area (Å²) in [5.74, 6) is 0. The van der Waals surface area contributed by atoms with Crippen LogP contribution in [0.1, 0.15) is 25.3 Å². The monoisotopic (exact) mass is 265 g/mol. The van der Waals surface area contributed by atoms with Crippen molar-refractivity contribution in [3.63, 3.8) is 0 Å². The van der Waals surface area contributed by atoms with E-state index in [1.165, 1.54) is 11.0 Å². The molecule has 0 aliphatic rings. The Balaban J connectivity index is 2.05. The molecule has 1 unspecified atom stereocenters. The van der Waals surface area contributed by atoms with Crippen molar-refractivity contribution in [1.82, 2.24) is 14.8 Å². The third-order valence-electron chi connectivity index (χ3n) is 3.14. The van der Waals surface area contributed by atoms with Gasteiger partial charge in [-0.2, -0.15) is 5.10 Å². The lowest BCUT2D eigenvalue weighted by Gasteiger charge is -2.26. The van der Waals surface area contributed by atoms with Crippen molar-refractivity contribution in [1.29, 1.82) is 0 Å². The van der Waals surface area contributed by atoms with Crippen molar-refractivity contribution >= 4 is 11.6 Å². The minimum atomic E-state index is -0.976. The number of rotatable bonds is 5. The second kappa shape index (κ2) is 5.50. The van der Waals surface area contributed by atoms with E-state index in [-0.39, 0.29) is 0 Å². The van der Waals surface area contributed by atoms with Gasteiger partial charge in [-0.05, 0) is 30.5 Å². The van der Waals surface area contributed by atoms with Crippen LogP contribution in [-0.2, 0) is 12.1 Å². The summed E-state index contributed by atoms with van der Waals surface area (Å²) in [7, 11) is 0. The number of aryl methyl sites for hydroxylation is 1. The van der Waals surface area contributed by atoms with Crippen molar-refractivity contribution in [2.45, 2.75) is 31.9 Å². The molecule has 5 heteroatoms. The number of halogens is 1. The lowest BCUT2D eigenvalue weighted by atomic mass is 10.0. The molecule has 1 heterocycles. The fourth-order valence-corrected chi connectivity index (χ4v) is 2.00. The Bertz CT molecular complexity index is 483. The van der Waals surface area contributed by atoms with E-state index < -0.39 is 5.72 Å². The fraction of sp³-hybridized carbons (Fsp3) is 0.385. The van der Waals surface area contributed by atoms with E-state index in [1.54, 1.807) is 6.33 Å². The zero-order chi connectivity index (χ0) is 13.0. The van der Waals surface area contributed by atoms with Crippen LogP contribution in [0.25, 0.3) is 0 Å². The Morgan fingerprint density at radius 1 is 1.33 bits per heavy atom. The summed E-state index contributed by atoms with van der Waals surface area (Å²) < 4.78 is 1.52. The van der Waals surface area contributed by atoms with Gasteiger partial charge in [0.05, 0.1) is 0 Å². The van der Waals surface area contributed by atoms with Crippen molar-refractivity contribution in [2.75, 3.05) is 0 Å². The smallest absolute Gasteiger partial charge is 0.159 e. The van der Waals surface area contributed by atoms with Crippen LogP contribution < -0.4 is 0 Å². The van der Waals surface area contributed by atoms with Crippen molar-refractivity contribution in [3.05, 3.63) is 47.5 Å². The van der Waals surface area contributed by atoms with Crippen LogP contribution in [0, 0.1) is 0 Å². The Kier molecular flexibility index (Phi) is 3.99. The van der Waals surface area contributed by atoms with E-state index in [0.29, 0.717) is 12.8 Å². The molecule has 0 amide bonds. The summed E-state index contributed by atoms with van der Waals surface area (Å²) in [4.78, 5) is 3.88. The number of aromatic nitrogens is 3. The second-order valence-electron chi connectivity index (χ2n) is 4.30. The van der Waals surface area contributed by atoms with Crippen LogP contribution in [0.3, 0.4) is 0 Å². The predicted molar refractivity (Wildman–Crippen MR) is 70.3 cm³/mol. The lowest BCUT2D eigenvalue weighted by Crippen LogP contribution is -2.33. The molecular weight excluding hydrogens is 250 g/mol. The highest BCUT2D eigenvalue weighted by Crippen LogP contribution is 2.23. The highest BCUT2D eigenvalue weighted by molar-refractivity contribution is 6.30. The maximum Gasteiger partial charge on any atom is 0.159 e. The molecule has 1 aromatic carbocycles. The Morgan fingerprint density at radius 2 is 2.06 bits per heavy atom. The zero-order valence-electron chi connectivity index (χ0n) is 10.3. The van der Waals surface area contributed by atoms with Gasteiger partial charge in [0.15, 0.2) is 5.72 Å². The van der Waals surface area contributed by atoms with Gasteiger partial charge >= 0.3 is 0 Å². The third-order valence-corrected chi connectivity index (χ3v) is 3.39. The van der Waals surface area contributed by atoms with Crippen molar-refractivity contribution in [3.8, 4) is 0 Å². The molecule has 0 aliphatic carbocycles. The van der Waals surface area contributed by atoms with Crippen LogP contribution in [0.5, 0.6) is 0 Å². The van der Waals surface area contributed by atoms with E-state index >= 15 is 0 Å². The highest BCUT2D eigenvalue weighted by atomic mass is 35.5. The van der Waals surface area contributed by atoms with Crippen LogP contribution >= 0.6 is 11.6 Å². The first kappa shape index (κ1) is 13.1. The van der Waals surface area contributed by atoms with Crippen LogP contribution in [0.2, 0.25) is 5.02 Å². The van der Waals surface area contributed by atoms with Crippen LogP contribution in [-0.4, -0.2) is 19.9 Å². The molecule has 0 saturated carbocycles. The first-order valence-electron chi connectivity index (χ1n) is 5.96. The summed E-state index contributed by atoms with van der Waals surface area (Å²) in [6, 6.07) is 7.66. The second-order valence-corrected chi connectivity index (χ2v) is 4.74. The highest BCUT2D eigenvalue weighted by Gasteiger charge is 2.27. The molecule has 0 fully saturated rings. The summed E-state index contributed by atoms with van der Waals surface area (Å²) in [5.41, 5.74) is 0.169. The Morgan fingerprint density at radius 3 is 2.61 bits per heavy atom. The maximum absolute atomic E-state index is 10.5. The van der Waals surface area contributed by atoms with Crippen LogP contribution in [0.4, 0.5) is 0 Å². The third kappa shape index (κ3) is 2.89. The van der Waals surface area contributed by atoms with Gasteiger partial charge in [-0.25, -0.2) is 9.67 Å². The molecule has 18 heavy (non-hydrogen) atoms. The van der Waals surface area contributed by atoms with Gasteiger partial charge in [-0.1, -0.05) is 30.7 Å². The molecule has 0 radical (unpaired) electrons. The van der Waals surface area contributed by atoms with Gasteiger partial charge in [0.1, 0.15) is 12.7 Å². The van der Waals surface area contributed by atoms with Crippen molar-refractivity contribution < 1.29 is 5.11 Å². The summed E-state index contributed by atoms with van der Waals surface area (Å²) >= 11 is 5.84. The van der Waals surface area contributed by atoms with Gasteiger partial charge in [0.25, 0.3) is 0 Å². The Labute approximate surface area is 111 Å². The lowest BCUT2D eigenvalue weighted by molar-refractivity contribution is -0.0602. The number of hydrogen-bond donors (Lipinski definition) is 1.